The standard InChI is InChI=1S/C23H30N2O2/c1-18-7-6-14-25(16-18)19(2)15-24-23(26)21-12-10-20(11-13-21)17-27-22-8-4-3-5-9-22/h3-5,8-13,18-19H,6-7,14-17H2,1-2H3,(H,24,26). The quantitative estimate of drug-likeness (QED) is 0.802. The Morgan fingerprint density at radius 3 is 2.63 bits per heavy atom. The van der Waals surface area contributed by atoms with Crippen molar-refractivity contribution in [2.45, 2.75) is 39.3 Å². The van der Waals surface area contributed by atoms with Gasteiger partial charge in [-0.3, -0.25) is 9.69 Å². The summed E-state index contributed by atoms with van der Waals surface area (Å²) in [6.45, 7) is 7.95. The molecule has 3 rings (SSSR count). The molecule has 1 N–H and O–H groups in total. The average molecular weight is 367 g/mol. The van der Waals surface area contributed by atoms with Crippen molar-refractivity contribution in [2.24, 2.45) is 5.92 Å². The van der Waals surface area contributed by atoms with E-state index in [0.717, 1.165) is 30.3 Å². The number of carbonyl (C=O) groups excluding carboxylic acids is 1. The molecule has 1 amide bonds. The molecular formula is C23H30N2O2. The monoisotopic (exact) mass is 366 g/mol. The van der Waals surface area contributed by atoms with Crippen molar-refractivity contribution in [2.75, 3.05) is 19.6 Å². The molecule has 0 aromatic heterocycles. The highest BCUT2D eigenvalue weighted by Gasteiger charge is 2.21. The van der Waals surface area contributed by atoms with Crippen LogP contribution >= 0.6 is 0 Å². The maximum atomic E-state index is 12.4. The topological polar surface area (TPSA) is 41.6 Å². The number of amides is 1. The molecule has 2 unspecified atom stereocenters. The van der Waals surface area contributed by atoms with Crippen LogP contribution in [0.2, 0.25) is 0 Å². The third-order valence-corrected chi connectivity index (χ3v) is 5.23. The third kappa shape index (κ3) is 5.83. The van der Waals surface area contributed by atoms with Gasteiger partial charge < -0.3 is 10.1 Å². The van der Waals surface area contributed by atoms with Gasteiger partial charge in [-0.1, -0.05) is 37.3 Å². The van der Waals surface area contributed by atoms with Crippen LogP contribution in [0.15, 0.2) is 54.6 Å². The lowest BCUT2D eigenvalue weighted by Crippen LogP contribution is -2.46. The van der Waals surface area contributed by atoms with E-state index in [9.17, 15) is 4.79 Å². The van der Waals surface area contributed by atoms with Gasteiger partial charge in [-0.25, -0.2) is 0 Å². The van der Waals surface area contributed by atoms with Crippen LogP contribution in [0, 0.1) is 5.92 Å². The zero-order chi connectivity index (χ0) is 19.1. The van der Waals surface area contributed by atoms with Gasteiger partial charge in [0.05, 0.1) is 0 Å². The van der Waals surface area contributed by atoms with Crippen LogP contribution in [0.1, 0.15) is 42.6 Å². The minimum atomic E-state index is -0.0116. The summed E-state index contributed by atoms with van der Waals surface area (Å²) in [4.78, 5) is 14.9. The molecule has 1 aliphatic rings. The van der Waals surface area contributed by atoms with Gasteiger partial charge in [-0.05, 0) is 62.1 Å². The van der Waals surface area contributed by atoms with Crippen LogP contribution in [0.5, 0.6) is 5.75 Å². The molecule has 1 fully saturated rings. The fraction of sp³-hybridized carbons (Fsp3) is 0.435. The number of piperidine rings is 1. The first-order valence-corrected chi connectivity index (χ1v) is 9.91. The number of nitrogens with one attached hydrogen (secondary N) is 1. The maximum Gasteiger partial charge on any atom is 0.251 e. The van der Waals surface area contributed by atoms with Gasteiger partial charge in [-0.2, -0.15) is 0 Å². The van der Waals surface area contributed by atoms with E-state index >= 15 is 0 Å². The number of benzene rings is 2. The number of rotatable bonds is 7. The molecular weight excluding hydrogens is 336 g/mol. The smallest absolute Gasteiger partial charge is 0.251 e. The molecule has 0 radical (unpaired) electrons. The van der Waals surface area contributed by atoms with Crippen molar-refractivity contribution >= 4 is 5.91 Å². The summed E-state index contributed by atoms with van der Waals surface area (Å²) in [5, 5.41) is 3.08. The molecule has 0 saturated carbocycles. The van der Waals surface area contributed by atoms with Gasteiger partial charge in [0, 0.05) is 24.7 Å². The summed E-state index contributed by atoms with van der Waals surface area (Å²) in [6, 6.07) is 17.8. The minimum absolute atomic E-state index is 0.0116. The highest BCUT2D eigenvalue weighted by Crippen LogP contribution is 2.17. The fourth-order valence-corrected chi connectivity index (χ4v) is 3.53. The number of para-hydroxylation sites is 1. The summed E-state index contributed by atoms with van der Waals surface area (Å²) >= 11 is 0. The van der Waals surface area contributed by atoms with E-state index in [2.05, 4.69) is 24.1 Å². The van der Waals surface area contributed by atoms with Crippen molar-refractivity contribution in [3.8, 4) is 5.75 Å². The predicted octanol–water partition coefficient (Wildman–Crippen LogP) is 4.12. The van der Waals surface area contributed by atoms with E-state index in [1.54, 1.807) is 0 Å². The van der Waals surface area contributed by atoms with Gasteiger partial charge in [0.15, 0.2) is 0 Å². The summed E-state index contributed by atoms with van der Waals surface area (Å²) in [6.07, 6.45) is 2.57. The fourth-order valence-electron chi connectivity index (χ4n) is 3.53. The average Bonchev–Trinajstić information content (AvgIpc) is 2.71. The van der Waals surface area contributed by atoms with Crippen LogP contribution in [0.4, 0.5) is 0 Å². The number of nitrogens with zero attached hydrogens (tertiary/aromatic N) is 1. The zero-order valence-electron chi connectivity index (χ0n) is 16.4. The Labute approximate surface area is 162 Å². The number of hydrogen-bond donors (Lipinski definition) is 1. The molecule has 0 aliphatic carbocycles. The number of carbonyl (C=O) groups is 1. The highest BCUT2D eigenvalue weighted by atomic mass is 16.5. The second-order valence-corrected chi connectivity index (χ2v) is 7.60. The molecule has 1 heterocycles. The van der Waals surface area contributed by atoms with Crippen LogP contribution in [0.25, 0.3) is 0 Å². The van der Waals surface area contributed by atoms with E-state index in [1.165, 1.54) is 12.8 Å². The van der Waals surface area contributed by atoms with Crippen LogP contribution < -0.4 is 10.1 Å². The van der Waals surface area contributed by atoms with E-state index in [1.807, 2.05) is 54.6 Å². The lowest BCUT2D eigenvalue weighted by molar-refractivity contribution is 0.0917. The van der Waals surface area contributed by atoms with E-state index in [0.29, 0.717) is 24.8 Å². The second-order valence-electron chi connectivity index (χ2n) is 7.60. The molecule has 1 saturated heterocycles. The van der Waals surface area contributed by atoms with Crippen LogP contribution in [-0.4, -0.2) is 36.5 Å². The molecule has 1 aliphatic heterocycles. The normalized spacial score (nSPS) is 18.7. The van der Waals surface area contributed by atoms with E-state index < -0.39 is 0 Å². The number of hydrogen-bond acceptors (Lipinski definition) is 3. The molecule has 2 aromatic rings. The van der Waals surface area contributed by atoms with Crippen LogP contribution in [0.3, 0.4) is 0 Å². The Kier molecular flexibility index (Phi) is 6.88. The van der Waals surface area contributed by atoms with Gasteiger partial charge in [0.1, 0.15) is 12.4 Å². The van der Waals surface area contributed by atoms with Gasteiger partial charge in [-0.15, -0.1) is 0 Å². The lowest BCUT2D eigenvalue weighted by Gasteiger charge is -2.35. The Morgan fingerprint density at radius 2 is 1.93 bits per heavy atom. The largest absolute Gasteiger partial charge is 0.489 e. The Bertz CT molecular complexity index is 715. The van der Waals surface area contributed by atoms with Crippen molar-refractivity contribution in [3.63, 3.8) is 0 Å². The van der Waals surface area contributed by atoms with Crippen molar-refractivity contribution in [1.29, 1.82) is 0 Å². The molecule has 0 bridgehead atoms. The summed E-state index contributed by atoms with van der Waals surface area (Å²) in [5.74, 6) is 1.59. The SMILES string of the molecule is CC1CCCN(C(C)CNC(=O)c2ccc(COc3ccccc3)cc2)C1. The molecule has 27 heavy (non-hydrogen) atoms. The van der Waals surface area contributed by atoms with Gasteiger partial charge in [0.25, 0.3) is 5.91 Å². The molecule has 4 nitrogen and oxygen atoms in total. The molecule has 4 heteroatoms. The molecule has 2 atom stereocenters. The first-order valence-electron chi connectivity index (χ1n) is 9.91. The maximum absolute atomic E-state index is 12.4. The van der Waals surface area contributed by atoms with Crippen molar-refractivity contribution in [3.05, 3.63) is 65.7 Å². The zero-order valence-corrected chi connectivity index (χ0v) is 16.4. The van der Waals surface area contributed by atoms with Gasteiger partial charge >= 0.3 is 0 Å². The second kappa shape index (κ2) is 9.56. The van der Waals surface area contributed by atoms with E-state index in [-0.39, 0.29) is 5.91 Å². The van der Waals surface area contributed by atoms with E-state index in [4.69, 9.17) is 4.74 Å². The van der Waals surface area contributed by atoms with Gasteiger partial charge in [0.2, 0.25) is 0 Å². The number of likely N-dealkylation sites (tertiary alicyclic amines) is 1. The first-order chi connectivity index (χ1) is 13.1. The third-order valence-electron chi connectivity index (χ3n) is 5.23. The minimum Gasteiger partial charge on any atom is -0.489 e. The summed E-state index contributed by atoms with van der Waals surface area (Å²) in [5.41, 5.74) is 1.74. The summed E-state index contributed by atoms with van der Waals surface area (Å²) in [7, 11) is 0. The van der Waals surface area contributed by atoms with Crippen LogP contribution in [-0.2, 0) is 6.61 Å². The Hall–Kier alpha value is -2.33. The van der Waals surface area contributed by atoms with Crippen molar-refractivity contribution < 1.29 is 9.53 Å². The first kappa shape index (κ1) is 19.4. The molecule has 144 valence electrons. The Balaban J connectivity index is 1.45. The number of ether oxygens (including phenoxy) is 1. The lowest BCUT2D eigenvalue weighted by atomic mass is 9.99. The highest BCUT2D eigenvalue weighted by molar-refractivity contribution is 5.94. The summed E-state index contributed by atoms with van der Waals surface area (Å²) < 4.78 is 5.74. The van der Waals surface area contributed by atoms with Crippen molar-refractivity contribution in [1.82, 2.24) is 10.2 Å². The Morgan fingerprint density at radius 1 is 1.19 bits per heavy atom. The predicted molar refractivity (Wildman–Crippen MR) is 109 cm³/mol. The molecule has 0 spiro atoms. The molecule has 2 aromatic carbocycles.